The van der Waals surface area contributed by atoms with Gasteiger partial charge in [0.15, 0.2) is 0 Å². The number of aromatic nitrogens is 2. The highest BCUT2D eigenvalue weighted by Crippen LogP contribution is 2.22. The maximum Gasteiger partial charge on any atom is 0.139 e. The van der Waals surface area contributed by atoms with E-state index in [9.17, 15) is 0 Å². The number of nitrogens with zero attached hydrogens (tertiary/aromatic N) is 3. The molecule has 1 fully saturated rings. The van der Waals surface area contributed by atoms with Crippen LogP contribution in [0.5, 0.6) is 0 Å². The van der Waals surface area contributed by atoms with Crippen LogP contribution in [0.2, 0.25) is 0 Å². The van der Waals surface area contributed by atoms with Crippen molar-refractivity contribution < 1.29 is 0 Å². The minimum atomic E-state index is 0.895. The Hall–Kier alpha value is -1.68. The van der Waals surface area contributed by atoms with Crippen LogP contribution < -0.4 is 10.2 Å². The average molecular weight is 230 g/mol. The summed E-state index contributed by atoms with van der Waals surface area (Å²) in [5, 5.41) is 3.34. The minimum Gasteiger partial charge on any atom is -0.353 e. The molecule has 0 aliphatic carbocycles. The molecule has 0 amide bonds. The molecule has 90 valence electrons. The summed E-state index contributed by atoms with van der Waals surface area (Å²) in [4.78, 5) is 11.0. The molecular weight excluding hydrogens is 212 g/mol. The zero-order chi connectivity index (χ0) is 12.1. The zero-order valence-electron chi connectivity index (χ0n) is 10.2. The van der Waals surface area contributed by atoms with Gasteiger partial charge in [0.05, 0.1) is 5.69 Å². The summed E-state index contributed by atoms with van der Waals surface area (Å²) in [6, 6.07) is 0. The Kier molecular flexibility index (Phi) is 3.88. The quantitative estimate of drug-likeness (QED) is 0.855. The molecule has 17 heavy (non-hydrogen) atoms. The first-order valence-corrected chi connectivity index (χ1v) is 5.92. The Labute approximate surface area is 102 Å². The molecule has 0 atom stereocenters. The number of anilines is 1. The largest absolute Gasteiger partial charge is 0.353 e. The van der Waals surface area contributed by atoms with Crippen LogP contribution in [0.1, 0.15) is 18.2 Å². The molecule has 0 unspecified atom stereocenters. The van der Waals surface area contributed by atoms with Gasteiger partial charge in [0.1, 0.15) is 12.1 Å². The van der Waals surface area contributed by atoms with E-state index < -0.39 is 0 Å². The van der Waals surface area contributed by atoms with E-state index >= 15 is 0 Å². The summed E-state index contributed by atoms with van der Waals surface area (Å²) in [7, 11) is 0. The summed E-state index contributed by atoms with van der Waals surface area (Å²) in [6.45, 7) is 9.78. The first-order chi connectivity index (χ1) is 8.36. The van der Waals surface area contributed by atoms with E-state index in [0.29, 0.717) is 0 Å². The van der Waals surface area contributed by atoms with Crippen molar-refractivity contribution in [1.82, 2.24) is 15.3 Å². The molecule has 1 aliphatic rings. The fraction of sp³-hybridized carbons (Fsp3) is 0.385. The summed E-state index contributed by atoms with van der Waals surface area (Å²) in [5.41, 5.74) is 1.96. The molecule has 1 N–H and O–H groups in total. The van der Waals surface area contributed by atoms with Gasteiger partial charge in [-0.05, 0) is 13.0 Å². The topological polar surface area (TPSA) is 41.1 Å². The fourth-order valence-electron chi connectivity index (χ4n) is 2.02. The third-order valence-corrected chi connectivity index (χ3v) is 2.84. The van der Waals surface area contributed by atoms with Gasteiger partial charge in [-0.15, -0.1) is 0 Å². The molecule has 0 saturated carbocycles. The van der Waals surface area contributed by atoms with Gasteiger partial charge >= 0.3 is 0 Å². The molecule has 1 aromatic heterocycles. The third kappa shape index (κ3) is 2.53. The molecule has 0 radical (unpaired) electrons. The molecule has 1 aliphatic heterocycles. The second kappa shape index (κ2) is 5.59. The molecular formula is C13H18N4. The van der Waals surface area contributed by atoms with Crippen molar-refractivity contribution in [2.24, 2.45) is 0 Å². The van der Waals surface area contributed by atoms with Crippen LogP contribution in [0.15, 0.2) is 19.0 Å². The predicted molar refractivity (Wildman–Crippen MR) is 71.9 cm³/mol. The van der Waals surface area contributed by atoms with Crippen molar-refractivity contribution in [1.29, 1.82) is 0 Å². The number of nitrogens with one attached hydrogen (secondary N) is 1. The van der Waals surface area contributed by atoms with E-state index in [4.69, 9.17) is 0 Å². The lowest BCUT2D eigenvalue weighted by atomic mass is 10.1. The molecule has 0 spiro atoms. The van der Waals surface area contributed by atoms with Crippen LogP contribution in [-0.4, -0.2) is 36.1 Å². The van der Waals surface area contributed by atoms with Crippen LogP contribution in [0.25, 0.3) is 12.2 Å². The van der Waals surface area contributed by atoms with E-state index in [1.54, 1.807) is 12.4 Å². The highest BCUT2D eigenvalue weighted by molar-refractivity contribution is 5.71. The fourth-order valence-corrected chi connectivity index (χ4v) is 2.02. The third-order valence-electron chi connectivity index (χ3n) is 2.84. The second-order valence-electron chi connectivity index (χ2n) is 3.94. The van der Waals surface area contributed by atoms with Crippen LogP contribution in [-0.2, 0) is 0 Å². The van der Waals surface area contributed by atoms with Gasteiger partial charge in [0.25, 0.3) is 0 Å². The van der Waals surface area contributed by atoms with Gasteiger partial charge in [0, 0.05) is 31.7 Å². The number of hydrogen-bond donors (Lipinski definition) is 1. The maximum atomic E-state index is 4.42. The molecule has 0 aromatic carbocycles. The molecule has 1 aromatic rings. The maximum absolute atomic E-state index is 4.42. The summed E-state index contributed by atoms with van der Waals surface area (Å²) in [5.74, 6) is 1.01. The number of piperazine rings is 1. The van der Waals surface area contributed by atoms with E-state index in [0.717, 1.165) is 43.3 Å². The second-order valence-corrected chi connectivity index (χ2v) is 3.94. The molecule has 0 bridgehead atoms. The monoisotopic (exact) mass is 230 g/mol. The lowest BCUT2D eigenvalue weighted by molar-refractivity contribution is 0.584. The Morgan fingerprint density at radius 1 is 1.35 bits per heavy atom. The number of allylic oxidation sites excluding steroid dienone is 1. The Morgan fingerprint density at radius 2 is 2.12 bits per heavy atom. The van der Waals surface area contributed by atoms with Crippen molar-refractivity contribution in [2.45, 2.75) is 6.92 Å². The molecule has 1 saturated heterocycles. The Bertz CT molecular complexity index is 419. The molecule has 4 heteroatoms. The van der Waals surface area contributed by atoms with Crippen LogP contribution >= 0.6 is 0 Å². The lowest BCUT2D eigenvalue weighted by Gasteiger charge is -2.29. The van der Waals surface area contributed by atoms with Gasteiger partial charge in [-0.1, -0.05) is 18.7 Å². The van der Waals surface area contributed by atoms with Crippen LogP contribution in [0.4, 0.5) is 5.82 Å². The Morgan fingerprint density at radius 3 is 2.76 bits per heavy atom. The molecule has 2 heterocycles. The van der Waals surface area contributed by atoms with E-state index in [-0.39, 0.29) is 0 Å². The van der Waals surface area contributed by atoms with Crippen molar-refractivity contribution in [3.05, 3.63) is 30.2 Å². The van der Waals surface area contributed by atoms with Crippen LogP contribution in [0, 0.1) is 0 Å². The van der Waals surface area contributed by atoms with Crippen molar-refractivity contribution >= 4 is 18.0 Å². The Balaban J connectivity index is 2.40. The van der Waals surface area contributed by atoms with E-state index in [1.807, 2.05) is 19.1 Å². The number of rotatable bonds is 3. The molecule has 2 rings (SSSR count). The summed E-state index contributed by atoms with van der Waals surface area (Å²) >= 11 is 0. The normalized spacial score (nSPS) is 16.4. The number of hydrogen-bond acceptors (Lipinski definition) is 4. The summed E-state index contributed by atoms with van der Waals surface area (Å²) in [6.07, 6.45) is 7.45. The van der Waals surface area contributed by atoms with Gasteiger partial charge in [0.2, 0.25) is 0 Å². The predicted octanol–water partition coefficient (Wildman–Crippen LogP) is 1.56. The van der Waals surface area contributed by atoms with Gasteiger partial charge in [-0.25, -0.2) is 9.97 Å². The highest BCUT2D eigenvalue weighted by atomic mass is 15.2. The SMILES string of the molecule is C=Cc1ncnc(N2CCNCC2)c1/C=C\C. The van der Waals surface area contributed by atoms with Gasteiger partial charge in [-0.2, -0.15) is 0 Å². The highest BCUT2D eigenvalue weighted by Gasteiger charge is 2.16. The first kappa shape index (κ1) is 11.8. The van der Waals surface area contributed by atoms with Crippen molar-refractivity contribution in [3.8, 4) is 0 Å². The average Bonchev–Trinajstić information content (AvgIpc) is 2.40. The standard InChI is InChI=1S/C13H18N4/c1-3-5-11-12(4-2)15-10-16-13(11)17-8-6-14-7-9-17/h3-5,10,14H,2,6-9H2,1H3/b5-3-. The van der Waals surface area contributed by atoms with Crippen molar-refractivity contribution in [2.75, 3.05) is 31.1 Å². The smallest absolute Gasteiger partial charge is 0.139 e. The van der Waals surface area contributed by atoms with Crippen molar-refractivity contribution in [3.63, 3.8) is 0 Å². The first-order valence-electron chi connectivity index (χ1n) is 5.92. The van der Waals surface area contributed by atoms with Gasteiger partial charge in [-0.3, -0.25) is 0 Å². The zero-order valence-corrected chi connectivity index (χ0v) is 10.2. The van der Waals surface area contributed by atoms with E-state index in [1.165, 1.54) is 0 Å². The van der Waals surface area contributed by atoms with Gasteiger partial charge < -0.3 is 10.2 Å². The molecule has 4 nitrogen and oxygen atoms in total. The van der Waals surface area contributed by atoms with E-state index in [2.05, 4.69) is 26.8 Å². The lowest BCUT2D eigenvalue weighted by Crippen LogP contribution is -2.44. The van der Waals surface area contributed by atoms with Crippen LogP contribution in [0.3, 0.4) is 0 Å². The minimum absolute atomic E-state index is 0.895. The summed E-state index contributed by atoms with van der Waals surface area (Å²) < 4.78 is 0.